The molecule has 23 heavy (non-hydrogen) atoms. The molecule has 0 aliphatic carbocycles. The van der Waals surface area contributed by atoms with E-state index >= 15 is 0 Å². The topological polar surface area (TPSA) is 71.2 Å². The maximum Gasteiger partial charge on any atom is 0.250 e. The van der Waals surface area contributed by atoms with E-state index in [1.54, 1.807) is 0 Å². The molecule has 1 aromatic heterocycles. The highest BCUT2D eigenvalue weighted by atomic mass is 35.5. The van der Waals surface area contributed by atoms with E-state index in [0.717, 1.165) is 5.56 Å². The van der Waals surface area contributed by atoms with Crippen LogP contribution in [0.15, 0.2) is 36.5 Å². The van der Waals surface area contributed by atoms with Crippen molar-refractivity contribution in [3.63, 3.8) is 0 Å². The number of nitrogens with one attached hydrogen (secondary N) is 1. The van der Waals surface area contributed by atoms with Crippen molar-refractivity contribution in [1.82, 2.24) is 9.88 Å². The normalized spacial score (nSPS) is 12.2. The van der Waals surface area contributed by atoms with Gasteiger partial charge in [0.05, 0.1) is 16.6 Å². The number of rotatable bonds is 6. The van der Waals surface area contributed by atoms with Gasteiger partial charge in [-0.25, -0.2) is 4.98 Å². The number of benzene rings is 1. The van der Waals surface area contributed by atoms with Crippen LogP contribution in [-0.2, 0) is 0 Å². The Kier molecular flexibility index (Phi) is 5.82. The Balaban J connectivity index is 2.13. The highest BCUT2D eigenvalue weighted by Gasteiger charge is 2.15. The van der Waals surface area contributed by atoms with Gasteiger partial charge in [-0.2, -0.15) is 0 Å². The number of amides is 1. The Hall–Kier alpha value is -1.82. The zero-order chi connectivity index (χ0) is 17.0. The summed E-state index contributed by atoms with van der Waals surface area (Å²) in [5, 5.41) is 4.26. The third-order valence-electron chi connectivity index (χ3n) is 3.47. The molecule has 0 radical (unpaired) electrons. The van der Waals surface area contributed by atoms with Crippen LogP contribution >= 0.6 is 23.2 Å². The first-order valence-corrected chi connectivity index (χ1v) is 7.75. The second kappa shape index (κ2) is 7.64. The molecule has 2 aromatic rings. The van der Waals surface area contributed by atoms with Crippen molar-refractivity contribution >= 4 is 34.9 Å². The summed E-state index contributed by atoms with van der Waals surface area (Å²) in [4.78, 5) is 17.4. The first kappa shape index (κ1) is 17.5. The van der Waals surface area contributed by atoms with Gasteiger partial charge in [-0.1, -0.05) is 35.3 Å². The smallest absolute Gasteiger partial charge is 0.250 e. The lowest BCUT2D eigenvalue weighted by Crippen LogP contribution is -2.27. The molecule has 0 aliphatic heterocycles. The largest absolute Gasteiger partial charge is 0.367 e. The number of carbonyl (C=O) groups excluding carboxylic acids is 1. The van der Waals surface area contributed by atoms with Gasteiger partial charge in [-0.05, 0) is 37.9 Å². The lowest BCUT2D eigenvalue weighted by Gasteiger charge is -2.25. The Bertz CT molecular complexity index is 689. The van der Waals surface area contributed by atoms with E-state index in [4.69, 9.17) is 28.9 Å². The Morgan fingerprint density at radius 3 is 2.48 bits per heavy atom. The molecule has 7 heteroatoms. The maximum absolute atomic E-state index is 11.1. The standard InChI is InChI=1S/C16H18Cl2N4O/c1-22(2)14(10-3-5-12(17)6-4-10)9-21-16-13(18)7-11(8-20-16)15(19)23/h3-8,14H,9H2,1-2H3,(H2,19,23)(H,20,21). The minimum atomic E-state index is -0.557. The van der Waals surface area contributed by atoms with E-state index in [9.17, 15) is 4.79 Å². The summed E-state index contributed by atoms with van der Waals surface area (Å²) >= 11 is 12.1. The zero-order valence-electron chi connectivity index (χ0n) is 12.9. The van der Waals surface area contributed by atoms with Crippen molar-refractivity contribution in [3.05, 3.63) is 57.7 Å². The number of nitrogens with zero attached hydrogens (tertiary/aromatic N) is 2. The minimum absolute atomic E-state index is 0.112. The number of likely N-dealkylation sites (N-methyl/N-ethyl adjacent to an activating group) is 1. The molecule has 0 aliphatic rings. The molecule has 1 atom stereocenters. The van der Waals surface area contributed by atoms with Crippen LogP contribution in [0.4, 0.5) is 5.82 Å². The third-order valence-corrected chi connectivity index (χ3v) is 4.01. The maximum atomic E-state index is 11.1. The number of primary amides is 1. The van der Waals surface area contributed by atoms with Gasteiger partial charge in [0.25, 0.3) is 0 Å². The molecule has 2 rings (SSSR count). The molecule has 1 aromatic carbocycles. The highest BCUT2D eigenvalue weighted by molar-refractivity contribution is 6.33. The molecule has 122 valence electrons. The number of aromatic nitrogens is 1. The molecule has 0 saturated heterocycles. The molecule has 1 heterocycles. The summed E-state index contributed by atoms with van der Waals surface area (Å²) in [7, 11) is 3.98. The summed E-state index contributed by atoms with van der Waals surface area (Å²) in [6.07, 6.45) is 1.41. The van der Waals surface area contributed by atoms with Gasteiger partial charge in [-0.15, -0.1) is 0 Å². The van der Waals surface area contributed by atoms with E-state index in [0.29, 0.717) is 22.4 Å². The van der Waals surface area contributed by atoms with Crippen molar-refractivity contribution < 1.29 is 4.79 Å². The summed E-state index contributed by atoms with van der Waals surface area (Å²) in [5.41, 5.74) is 6.61. The molecular formula is C16H18Cl2N4O. The average Bonchev–Trinajstić information content (AvgIpc) is 2.50. The molecular weight excluding hydrogens is 335 g/mol. The van der Waals surface area contributed by atoms with Gasteiger partial charge in [-0.3, -0.25) is 4.79 Å². The fourth-order valence-corrected chi connectivity index (χ4v) is 2.54. The summed E-state index contributed by atoms with van der Waals surface area (Å²) in [6.45, 7) is 0.595. The van der Waals surface area contributed by atoms with E-state index < -0.39 is 5.91 Å². The van der Waals surface area contributed by atoms with Crippen LogP contribution in [0.3, 0.4) is 0 Å². The monoisotopic (exact) mass is 352 g/mol. The van der Waals surface area contributed by atoms with Crippen LogP contribution in [0.25, 0.3) is 0 Å². The van der Waals surface area contributed by atoms with Crippen LogP contribution in [0.2, 0.25) is 10.0 Å². The van der Waals surface area contributed by atoms with Crippen LogP contribution in [0, 0.1) is 0 Å². The lowest BCUT2D eigenvalue weighted by atomic mass is 10.1. The second-order valence-electron chi connectivity index (χ2n) is 5.33. The SMILES string of the molecule is CN(C)C(CNc1ncc(C(N)=O)cc1Cl)c1ccc(Cl)cc1. The van der Waals surface area contributed by atoms with Crippen molar-refractivity contribution in [2.75, 3.05) is 26.0 Å². The van der Waals surface area contributed by atoms with E-state index in [1.165, 1.54) is 12.3 Å². The van der Waals surface area contributed by atoms with Crippen LogP contribution < -0.4 is 11.1 Å². The fourth-order valence-electron chi connectivity index (χ4n) is 2.18. The van der Waals surface area contributed by atoms with Gasteiger partial charge < -0.3 is 16.0 Å². The molecule has 1 unspecified atom stereocenters. The first-order valence-electron chi connectivity index (χ1n) is 6.99. The van der Waals surface area contributed by atoms with Gasteiger partial charge in [0.15, 0.2) is 0 Å². The van der Waals surface area contributed by atoms with Crippen LogP contribution in [0.5, 0.6) is 0 Å². The predicted octanol–water partition coefficient (Wildman–Crippen LogP) is 3.20. The Morgan fingerprint density at radius 2 is 1.96 bits per heavy atom. The molecule has 0 bridgehead atoms. The number of pyridine rings is 1. The third kappa shape index (κ3) is 4.58. The van der Waals surface area contributed by atoms with Crippen molar-refractivity contribution in [1.29, 1.82) is 0 Å². The highest BCUT2D eigenvalue weighted by Crippen LogP contribution is 2.24. The Labute approximate surface area is 145 Å². The zero-order valence-corrected chi connectivity index (χ0v) is 14.4. The quantitative estimate of drug-likeness (QED) is 0.837. The molecule has 5 nitrogen and oxygen atoms in total. The molecule has 0 fully saturated rings. The van der Waals surface area contributed by atoms with Gasteiger partial charge in [0.2, 0.25) is 5.91 Å². The molecule has 0 saturated carbocycles. The molecule has 0 spiro atoms. The second-order valence-corrected chi connectivity index (χ2v) is 6.17. The van der Waals surface area contributed by atoms with Crippen LogP contribution in [0.1, 0.15) is 22.0 Å². The van der Waals surface area contributed by atoms with E-state index in [1.807, 2.05) is 38.4 Å². The molecule has 3 N–H and O–H groups in total. The van der Waals surface area contributed by atoms with Crippen molar-refractivity contribution in [2.24, 2.45) is 5.73 Å². The lowest BCUT2D eigenvalue weighted by molar-refractivity contribution is 0.1000. The van der Waals surface area contributed by atoms with E-state index in [-0.39, 0.29) is 11.6 Å². The number of hydrogen-bond donors (Lipinski definition) is 2. The minimum Gasteiger partial charge on any atom is -0.367 e. The summed E-state index contributed by atoms with van der Waals surface area (Å²) in [5.74, 6) is -0.0456. The van der Waals surface area contributed by atoms with Gasteiger partial charge >= 0.3 is 0 Å². The van der Waals surface area contributed by atoms with Crippen molar-refractivity contribution in [2.45, 2.75) is 6.04 Å². The summed E-state index contributed by atoms with van der Waals surface area (Å²) < 4.78 is 0. The predicted molar refractivity (Wildman–Crippen MR) is 94.1 cm³/mol. The van der Waals surface area contributed by atoms with E-state index in [2.05, 4.69) is 15.2 Å². The summed E-state index contributed by atoms with van der Waals surface area (Å²) in [6, 6.07) is 9.31. The fraction of sp³-hybridized carbons (Fsp3) is 0.250. The van der Waals surface area contributed by atoms with Crippen molar-refractivity contribution in [3.8, 4) is 0 Å². The first-order chi connectivity index (χ1) is 10.9. The van der Waals surface area contributed by atoms with Crippen LogP contribution in [-0.4, -0.2) is 36.4 Å². The number of carbonyl (C=O) groups is 1. The number of hydrogen-bond acceptors (Lipinski definition) is 4. The number of nitrogens with two attached hydrogens (primary N) is 1. The average molecular weight is 353 g/mol. The molecule has 1 amide bonds. The van der Waals surface area contributed by atoms with Gasteiger partial charge in [0.1, 0.15) is 5.82 Å². The number of halogens is 2. The Morgan fingerprint density at radius 1 is 1.30 bits per heavy atom. The van der Waals surface area contributed by atoms with Gasteiger partial charge in [0, 0.05) is 17.8 Å². The number of anilines is 1.